The van der Waals surface area contributed by atoms with E-state index in [2.05, 4.69) is 16.4 Å². The number of nitriles is 1. The maximum atomic E-state index is 12.2. The van der Waals surface area contributed by atoms with Crippen molar-refractivity contribution in [3.63, 3.8) is 0 Å². The molecular formula is C18H15N4OS+. The molecule has 5 nitrogen and oxygen atoms in total. The summed E-state index contributed by atoms with van der Waals surface area (Å²) in [6.45, 7) is 1.90. The number of aryl methyl sites for hydroxylation is 1. The number of anilines is 2. The molecule has 1 aliphatic heterocycles. The van der Waals surface area contributed by atoms with Gasteiger partial charge in [-0.3, -0.25) is 10.5 Å². The van der Waals surface area contributed by atoms with Crippen molar-refractivity contribution in [1.29, 1.82) is 5.26 Å². The molecule has 118 valence electrons. The normalized spacial score (nSPS) is 16.5. The number of nitrogens with zero attached hydrogens (tertiary/aromatic N) is 1. The molecule has 1 amide bonds. The quantitative estimate of drug-likeness (QED) is 0.716. The number of aromatic amines is 1. The van der Waals surface area contributed by atoms with Crippen LogP contribution in [0.2, 0.25) is 0 Å². The highest BCUT2D eigenvalue weighted by atomic mass is 32.1. The number of benzene rings is 1. The SMILES string of the molecule is Cc1c(C#N)c(N)[nH+]c2c3c(sc12)NC(=O)C[C@H]3c1ccccc1. The minimum absolute atomic E-state index is 0.00837. The standard InChI is InChI=1S/C18H14N4OS/c1-9-12(8-19)17(20)22-15-14-11(10-5-3-2-4-6-10)7-13(23)21-18(14)24-16(9)15/h2-6,11H,7H2,1H3,(H2,20,22)(H,21,23)/p+1/t11-/m0/s1. The summed E-state index contributed by atoms with van der Waals surface area (Å²) in [4.78, 5) is 15.4. The number of nitrogens with one attached hydrogen (secondary N) is 2. The van der Waals surface area contributed by atoms with Crippen LogP contribution >= 0.6 is 11.3 Å². The monoisotopic (exact) mass is 335 g/mol. The van der Waals surface area contributed by atoms with Gasteiger partial charge in [0.1, 0.15) is 22.2 Å². The lowest BCUT2D eigenvalue weighted by molar-refractivity contribution is -0.327. The number of fused-ring (bicyclic) bond motifs is 3. The molecule has 0 aliphatic carbocycles. The Morgan fingerprint density at radius 1 is 1.38 bits per heavy atom. The third kappa shape index (κ3) is 2.06. The molecule has 0 unspecified atom stereocenters. The number of aromatic nitrogens is 1. The van der Waals surface area contributed by atoms with Crippen LogP contribution in [0.25, 0.3) is 10.2 Å². The zero-order valence-corrected chi connectivity index (χ0v) is 13.8. The average molecular weight is 335 g/mol. The second-order valence-electron chi connectivity index (χ2n) is 5.92. The smallest absolute Gasteiger partial charge is 0.289 e. The molecule has 0 saturated carbocycles. The average Bonchev–Trinajstić information content (AvgIpc) is 2.94. The van der Waals surface area contributed by atoms with Crippen LogP contribution in [0.3, 0.4) is 0 Å². The molecule has 1 aliphatic rings. The Morgan fingerprint density at radius 2 is 2.12 bits per heavy atom. The van der Waals surface area contributed by atoms with Gasteiger partial charge in [-0.15, -0.1) is 11.3 Å². The Bertz CT molecular complexity index is 1020. The second-order valence-corrected chi connectivity index (χ2v) is 6.94. The zero-order chi connectivity index (χ0) is 16.8. The summed E-state index contributed by atoms with van der Waals surface area (Å²) in [6, 6.07) is 12.2. The van der Waals surface area contributed by atoms with E-state index in [1.54, 1.807) is 0 Å². The van der Waals surface area contributed by atoms with Crippen molar-refractivity contribution < 1.29 is 9.78 Å². The van der Waals surface area contributed by atoms with E-state index in [-0.39, 0.29) is 11.8 Å². The number of nitrogen functional groups attached to an aromatic ring is 1. The third-order valence-corrected chi connectivity index (χ3v) is 5.73. The molecular weight excluding hydrogens is 320 g/mol. The molecule has 0 spiro atoms. The van der Waals surface area contributed by atoms with E-state index < -0.39 is 0 Å². The van der Waals surface area contributed by atoms with Gasteiger partial charge in [0.15, 0.2) is 0 Å². The highest BCUT2D eigenvalue weighted by molar-refractivity contribution is 7.23. The lowest BCUT2D eigenvalue weighted by atomic mass is 9.86. The molecule has 0 saturated heterocycles. The van der Waals surface area contributed by atoms with Crippen molar-refractivity contribution in [2.75, 3.05) is 11.1 Å². The number of carbonyl (C=O) groups excluding carboxylic acids is 1. The van der Waals surface area contributed by atoms with Gasteiger partial charge in [-0.05, 0) is 18.1 Å². The largest absolute Gasteiger partial charge is 0.317 e. The van der Waals surface area contributed by atoms with Crippen molar-refractivity contribution in [2.45, 2.75) is 19.3 Å². The summed E-state index contributed by atoms with van der Waals surface area (Å²) in [6.07, 6.45) is 0.398. The number of thiophene rings is 1. The van der Waals surface area contributed by atoms with Crippen LogP contribution < -0.4 is 16.0 Å². The maximum absolute atomic E-state index is 12.2. The first-order valence-electron chi connectivity index (χ1n) is 7.62. The van der Waals surface area contributed by atoms with Crippen LogP contribution in [0.5, 0.6) is 0 Å². The van der Waals surface area contributed by atoms with Gasteiger partial charge in [-0.1, -0.05) is 30.3 Å². The van der Waals surface area contributed by atoms with Crippen molar-refractivity contribution in [2.24, 2.45) is 0 Å². The third-order valence-electron chi connectivity index (χ3n) is 4.49. The van der Waals surface area contributed by atoms with Crippen molar-refractivity contribution >= 4 is 38.3 Å². The van der Waals surface area contributed by atoms with Crippen LogP contribution in [0.4, 0.5) is 10.8 Å². The summed E-state index contributed by atoms with van der Waals surface area (Å²) < 4.78 is 0.967. The van der Waals surface area contributed by atoms with Gasteiger partial charge in [-0.2, -0.15) is 5.26 Å². The number of hydrogen-bond acceptors (Lipinski definition) is 4. The molecule has 4 rings (SSSR count). The van der Waals surface area contributed by atoms with Gasteiger partial charge in [0.05, 0.1) is 4.70 Å². The molecule has 0 radical (unpaired) electrons. The Balaban J connectivity index is 2.03. The highest BCUT2D eigenvalue weighted by Crippen LogP contribution is 2.46. The number of carbonyl (C=O) groups is 1. The van der Waals surface area contributed by atoms with Gasteiger partial charge in [0.2, 0.25) is 5.91 Å². The van der Waals surface area contributed by atoms with Crippen LogP contribution in [0.1, 0.15) is 34.6 Å². The Kier molecular flexibility index (Phi) is 3.25. The van der Waals surface area contributed by atoms with Gasteiger partial charge in [0.25, 0.3) is 5.82 Å². The fourth-order valence-electron chi connectivity index (χ4n) is 3.35. The summed E-state index contributed by atoms with van der Waals surface area (Å²) in [5.74, 6) is 0.354. The maximum Gasteiger partial charge on any atom is 0.289 e. The molecule has 4 N–H and O–H groups in total. The van der Waals surface area contributed by atoms with Crippen LogP contribution in [-0.2, 0) is 4.79 Å². The summed E-state index contributed by atoms with van der Waals surface area (Å²) in [7, 11) is 0. The number of amides is 1. The second kappa shape index (κ2) is 5.32. The van der Waals surface area contributed by atoms with Crippen LogP contribution in [-0.4, -0.2) is 5.91 Å². The number of H-pyrrole nitrogens is 1. The van der Waals surface area contributed by atoms with E-state index >= 15 is 0 Å². The van der Waals surface area contributed by atoms with E-state index in [0.29, 0.717) is 17.8 Å². The number of pyridine rings is 1. The van der Waals surface area contributed by atoms with Crippen LogP contribution in [0.15, 0.2) is 30.3 Å². The Hall–Kier alpha value is -2.91. The molecule has 2 aromatic heterocycles. The van der Waals surface area contributed by atoms with Gasteiger partial charge >= 0.3 is 0 Å². The van der Waals surface area contributed by atoms with Crippen molar-refractivity contribution in [1.82, 2.24) is 0 Å². The number of nitrogens with two attached hydrogens (primary N) is 1. The van der Waals surface area contributed by atoms with Gasteiger partial charge < -0.3 is 5.32 Å². The fourth-order valence-corrected chi connectivity index (χ4v) is 4.59. The first kappa shape index (κ1) is 14.7. The molecule has 0 fully saturated rings. The Morgan fingerprint density at radius 3 is 2.83 bits per heavy atom. The molecule has 24 heavy (non-hydrogen) atoms. The topological polar surface area (TPSA) is 93.1 Å². The lowest BCUT2D eigenvalue weighted by Crippen LogP contribution is -2.24. The molecule has 3 heterocycles. The highest BCUT2D eigenvalue weighted by Gasteiger charge is 2.33. The first-order valence-corrected chi connectivity index (χ1v) is 8.44. The predicted molar refractivity (Wildman–Crippen MR) is 93.8 cm³/mol. The summed E-state index contributed by atoms with van der Waals surface area (Å²) >= 11 is 1.50. The van der Waals surface area contributed by atoms with Crippen molar-refractivity contribution in [3.8, 4) is 6.07 Å². The Labute approximate surface area is 142 Å². The molecule has 3 aromatic rings. The predicted octanol–water partition coefficient (Wildman–Crippen LogP) is 2.95. The van der Waals surface area contributed by atoms with Gasteiger partial charge in [-0.25, -0.2) is 4.98 Å². The van der Waals surface area contributed by atoms with E-state index in [1.807, 2.05) is 37.3 Å². The number of hydrogen-bond donors (Lipinski definition) is 2. The lowest BCUT2D eigenvalue weighted by Gasteiger charge is -2.22. The molecule has 1 aromatic carbocycles. The molecule has 0 bridgehead atoms. The summed E-state index contributed by atoms with van der Waals surface area (Å²) in [5, 5.41) is 13.1. The van der Waals surface area contributed by atoms with E-state index in [9.17, 15) is 10.1 Å². The van der Waals surface area contributed by atoms with Crippen molar-refractivity contribution in [3.05, 3.63) is 52.6 Å². The van der Waals surface area contributed by atoms with E-state index in [4.69, 9.17) is 5.73 Å². The van der Waals surface area contributed by atoms with E-state index in [1.165, 1.54) is 11.3 Å². The fraction of sp³-hybridized carbons (Fsp3) is 0.167. The molecule has 1 atom stereocenters. The first-order chi connectivity index (χ1) is 11.6. The van der Waals surface area contributed by atoms with E-state index in [0.717, 1.165) is 31.9 Å². The zero-order valence-electron chi connectivity index (χ0n) is 13.0. The van der Waals surface area contributed by atoms with Crippen LogP contribution in [0, 0.1) is 18.3 Å². The number of rotatable bonds is 1. The minimum atomic E-state index is -0.0216. The molecule has 6 heteroatoms. The van der Waals surface area contributed by atoms with Gasteiger partial charge in [0, 0.05) is 17.9 Å². The summed E-state index contributed by atoms with van der Waals surface area (Å²) in [5.41, 5.74) is 10.4. The minimum Gasteiger partial charge on any atom is -0.317 e.